The van der Waals surface area contributed by atoms with E-state index < -0.39 is 11.5 Å². The van der Waals surface area contributed by atoms with Crippen LogP contribution in [0.15, 0.2) is 6.20 Å². The van der Waals surface area contributed by atoms with Crippen LogP contribution >= 0.6 is 0 Å². The highest BCUT2D eigenvalue weighted by Gasteiger charge is 2.17. The Kier molecular flexibility index (Phi) is 3.94. The van der Waals surface area contributed by atoms with Crippen LogP contribution < -0.4 is 0 Å². The van der Waals surface area contributed by atoms with Crippen LogP contribution in [0.5, 0.6) is 0 Å². The third-order valence-corrected chi connectivity index (χ3v) is 3.07. The van der Waals surface area contributed by atoms with Crippen LogP contribution in [0.3, 0.4) is 0 Å². The molecule has 0 saturated carbocycles. The smallest absolute Gasteiger partial charge is 0.174 e. The number of hydrogen-bond acceptors (Lipinski definition) is 4. The fourth-order valence-corrected chi connectivity index (χ4v) is 1.91. The predicted octanol–water partition coefficient (Wildman–Crippen LogP) is -0.285. The SMILES string of the molecule is Cc1nc(CCO)cn1[S+]([O-])N(C)C. The summed E-state index contributed by atoms with van der Waals surface area (Å²) in [6, 6.07) is 0. The molecule has 0 amide bonds. The van der Waals surface area contributed by atoms with Gasteiger partial charge in [0.25, 0.3) is 0 Å². The summed E-state index contributed by atoms with van der Waals surface area (Å²) in [5.41, 5.74) is 0.764. The fraction of sp³-hybridized carbons (Fsp3) is 0.625. The van der Waals surface area contributed by atoms with E-state index in [4.69, 9.17) is 5.11 Å². The molecule has 1 rings (SSSR count). The van der Waals surface area contributed by atoms with Crippen molar-refractivity contribution in [3.05, 3.63) is 17.7 Å². The quantitative estimate of drug-likeness (QED) is 0.704. The van der Waals surface area contributed by atoms with Gasteiger partial charge in [0.15, 0.2) is 17.4 Å². The largest absolute Gasteiger partial charge is 0.573 e. The molecule has 1 heterocycles. The highest BCUT2D eigenvalue weighted by atomic mass is 32.2. The molecule has 1 aromatic heterocycles. The molecule has 80 valence electrons. The molecule has 1 aromatic rings. The van der Waals surface area contributed by atoms with Gasteiger partial charge in [-0.3, -0.25) is 0 Å². The molecule has 0 aliphatic carbocycles. The summed E-state index contributed by atoms with van der Waals surface area (Å²) < 4.78 is 14.9. The zero-order valence-corrected chi connectivity index (χ0v) is 9.41. The maximum Gasteiger partial charge on any atom is 0.174 e. The highest BCUT2D eigenvalue weighted by molar-refractivity contribution is 7.87. The maximum absolute atomic E-state index is 11.7. The molecule has 1 unspecified atom stereocenters. The fourth-order valence-electron chi connectivity index (χ4n) is 1.08. The van der Waals surface area contributed by atoms with Crippen molar-refractivity contribution in [3.63, 3.8) is 0 Å². The number of imidazole rings is 1. The molecule has 5 nitrogen and oxygen atoms in total. The van der Waals surface area contributed by atoms with Crippen LogP contribution in [-0.2, 0) is 18.0 Å². The lowest BCUT2D eigenvalue weighted by atomic mass is 10.4. The monoisotopic (exact) mass is 217 g/mol. The molecule has 0 radical (unpaired) electrons. The molecular weight excluding hydrogens is 202 g/mol. The highest BCUT2D eigenvalue weighted by Crippen LogP contribution is 2.08. The van der Waals surface area contributed by atoms with Crippen molar-refractivity contribution in [2.24, 2.45) is 0 Å². The Morgan fingerprint density at radius 2 is 2.29 bits per heavy atom. The summed E-state index contributed by atoms with van der Waals surface area (Å²) in [4.78, 5) is 4.19. The molecule has 1 atom stereocenters. The second kappa shape index (κ2) is 4.79. The summed E-state index contributed by atoms with van der Waals surface area (Å²) in [6.07, 6.45) is 2.21. The average Bonchev–Trinajstić information content (AvgIpc) is 2.46. The van der Waals surface area contributed by atoms with Crippen LogP contribution in [-0.4, -0.2) is 43.6 Å². The van der Waals surface area contributed by atoms with Gasteiger partial charge in [0.1, 0.15) is 0 Å². The van der Waals surface area contributed by atoms with Crippen molar-refractivity contribution in [3.8, 4) is 0 Å². The lowest BCUT2D eigenvalue weighted by molar-refractivity contribution is 0.298. The summed E-state index contributed by atoms with van der Waals surface area (Å²) in [5.74, 6) is 0.695. The van der Waals surface area contributed by atoms with Crippen LogP contribution in [0.25, 0.3) is 0 Å². The van der Waals surface area contributed by atoms with Gasteiger partial charge >= 0.3 is 0 Å². The lowest BCUT2D eigenvalue weighted by Gasteiger charge is -2.15. The first-order valence-electron chi connectivity index (χ1n) is 4.31. The Labute approximate surface area is 86.8 Å². The Balaban J connectivity index is 2.86. The van der Waals surface area contributed by atoms with Gasteiger partial charge in [-0.15, -0.1) is 8.28 Å². The maximum atomic E-state index is 11.7. The number of aromatic nitrogens is 2. The molecule has 6 heteroatoms. The normalized spacial score (nSPS) is 13.6. The molecule has 14 heavy (non-hydrogen) atoms. The van der Waals surface area contributed by atoms with Crippen molar-refractivity contribution in [2.75, 3.05) is 20.7 Å². The van der Waals surface area contributed by atoms with E-state index in [-0.39, 0.29) is 6.61 Å². The Bertz CT molecular complexity index is 301. The van der Waals surface area contributed by atoms with E-state index >= 15 is 0 Å². The van der Waals surface area contributed by atoms with Crippen LogP contribution in [0.4, 0.5) is 0 Å². The molecule has 0 saturated heterocycles. The van der Waals surface area contributed by atoms with Crippen molar-refractivity contribution in [2.45, 2.75) is 13.3 Å². The molecular formula is C8H15N3O2S. The number of aryl methyl sites for hydroxylation is 1. The third-order valence-electron chi connectivity index (χ3n) is 1.74. The second-order valence-electron chi connectivity index (χ2n) is 3.12. The predicted molar refractivity (Wildman–Crippen MR) is 55.0 cm³/mol. The Hall–Kier alpha value is -0.560. The van der Waals surface area contributed by atoms with Crippen molar-refractivity contribution in [1.82, 2.24) is 13.3 Å². The van der Waals surface area contributed by atoms with E-state index in [0.717, 1.165) is 5.69 Å². The standard InChI is InChI=1S/C8H15N3O2S/c1-7-9-8(4-5-12)6-11(7)14(13)10(2)3/h6,12H,4-5H2,1-3H3. The van der Waals surface area contributed by atoms with Gasteiger partial charge < -0.3 is 9.66 Å². The van der Waals surface area contributed by atoms with Gasteiger partial charge in [0.2, 0.25) is 0 Å². The van der Waals surface area contributed by atoms with Crippen molar-refractivity contribution >= 4 is 11.5 Å². The number of hydrogen-bond donors (Lipinski definition) is 1. The first-order valence-corrected chi connectivity index (χ1v) is 5.38. The molecule has 0 spiro atoms. The number of nitrogens with zero attached hydrogens (tertiary/aromatic N) is 3. The zero-order valence-electron chi connectivity index (χ0n) is 8.60. The first kappa shape index (κ1) is 11.5. The Morgan fingerprint density at radius 1 is 1.64 bits per heavy atom. The van der Waals surface area contributed by atoms with Crippen LogP contribution in [0.1, 0.15) is 11.5 Å². The van der Waals surface area contributed by atoms with E-state index in [1.54, 1.807) is 35.5 Å². The molecule has 1 N–H and O–H groups in total. The minimum Gasteiger partial charge on any atom is -0.573 e. The number of aliphatic hydroxyl groups is 1. The van der Waals surface area contributed by atoms with E-state index in [0.29, 0.717) is 12.2 Å². The summed E-state index contributed by atoms with van der Waals surface area (Å²) in [7, 11) is 3.47. The zero-order chi connectivity index (χ0) is 10.7. The first-order chi connectivity index (χ1) is 6.56. The summed E-state index contributed by atoms with van der Waals surface area (Å²) in [6.45, 7) is 1.85. The van der Waals surface area contributed by atoms with Gasteiger partial charge in [0.05, 0.1) is 11.9 Å². The van der Waals surface area contributed by atoms with E-state index in [1.807, 2.05) is 0 Å². The molecule has 0 aliphatic rings. The van der Waals surface area contributed by atoms with Gasteiger partial charge in [-0.25, -0.2) is 4.98 Å². The van der Waals surface area contributed by atoms with Crippen molar-refractivity contribution < 1.29 is 9.66 Å². The molecule has 0 fully saturated rings. The molecule has 0 bridgehead atoms. The van der Waals surface area contributed by atoms with Gasteiger partial charge in [0, 0.05) is 27.1 Å². The van der Waals surface area contributed by atoms with E-state index in [1.165, 1.54) is 0 Å². The number of rotatable bonds is 4. The lowest BCUT2D eigenvalue weighted by Crippen LogP contribution is -2.29. The summed E-state index contributed by atoms with van der Waals surface area (Å²) >= 11 is -1.22. The summed E-state index contributed by atoms with van der Waals surface area (Å²) in [5, 5.41) is 8.73. The minimum atomic E-state index is -1.22. The van der Waals surface area contributed by atoms with Gasteiger partial charge in [-0.05, 0) is 6.92 Å². The van der Waals surface area contributed by atoms with Crippen LogP contribution in [0, 0.1) is 6.92 Å². The third kappa shape index (κ3) is 2.48. The Morgan fingerprint density at radius 3 is 2.79 bits per heavy atom. The minimum absolute atomic E-state index is 0.0606. The molecule has 0 aromatic carbocycles. The van der Waals surface area contributed by atoms with Crippen molar-refractivity contribution in [1.29, 1.82) is 0 Å². The van der Waals surface area contributed by atoms with Gasteiger partial charge in [-0.2, -0.15) is 0 Å². The average molecular weight is 217 g/mol. The van der Waals surface area contributed by atoms with E-state index in [9.17, 15) is 4.55 Å². The number of aliphatic hydroxyl groups excluding tert-OH is 1. The second-order valence-corrected chi connectivity index (χ2v) is 4.71. The van der Waals surface area contributed by atoms with Gasteiger partial charge in [-0.1, -0.05) is 0 Å². The topological polar surface area (TPSA) is 64.3 Å². The molecule has 0 aliphatic heterocycles. The van der Waals surface area contributed by atoms with Crippen LogP contribution in [0.2, 0.25) is 0 Å². The van der Waals surface area contributed by atoms with E-state index in [2.05, 4.69) is 4.98 Å².